The summed E-state index contributed by atoms with van der Waals surface area (Å²) in [4.78, 5) is 6.58. The third-order valence-corrected chi connectivity index (χ3v) is 3.55. The van der Waals surface area contributed by atoms with Crippen LogP contribution in [0.4, 0.5) is 5.95 Å². The van der Waals surface area contributed by atoms with Crippen LogP contribution in [-0.4, -0.2) is 35.1 Å². The second-order valence-corrected chi connectivity index (χ2v) is 6.17. The van der Waals surface area contributed by atoms with Crippen LogP contribution in [-0.2, 0) is 0 Å². The van der Waals surface area contributed by atoms with Crippen molar-refractivity contribution in [1.82, 2.24) is 14.5 Å². The first-order valence-electron chi connectivity index (χ1n) is 7.25. The number of nitrogen functional groups attached to an aromatic ring is 1. The predicted octanol–water partition coefficient (Wildman–Crippen LogP) is 2.64. The van der Waals surface area contributed by atoms with Crippen molar-refractivity contribution in [1.29, 1.82) is 5.26 Å². The Morgan fingerprint density at radius 1 is 1.38 bits per heavy atom. The fourth-order valence-electron chi connectivity index (χ4n) is 2.84. The van der Waals surface area contributed by atoms with Crippen LogP contribution in [0.3, 0.4) is 0 Å². The third-order valence-electron chi connectivity index (χ3n) is 3.55. The molecule has 1 heterocycles. The van der Waals surface area contributed by atoms with Crippen molar-refractivity contribution in [3.05, 3.63) is 23.8 Å². The molecule has 1 unspecified atom stereocenters. The lowest BCUT2D eigenvalue weighted by Gasteiger charge is -2.25. The van der Waals surface area contributed by atoms with Gasteiger partial charge < -0.3 is 15.2 Å². The Morgan fingerprint density at radius 2 is 2.10 bits per heavy atom. The molecule has 5 nitrogen and oxygen atoms in total. The second-order valence-electron chi connectivity index (χ2n) is 6.17. The van der Waals surface area contributed by atoms with Crippen molar-refractivity contribution < 1.29 is 0 Å². The van der Waals surface area contributed by atoms with Gasteiger partial charge >= 0.3 is 0 Å². The lowest BCUT2D eigenvalue weighted by atomic mass is 10.0. The molecule has 0 fully saturated rings. The van der Waals surface area contributed by atoms with Gasteiger partial charge in [-0.3, -0.25) is 0 Å². The zero-order valence-corrected chi connectivity index (χ0v) is 13.2. The van der Waals surface area contributed by atoms with E-state index in [2.05, 4.69) is 48.5 Å². The van der Waals surface area contributed by atoms with Gasteiger partial charge in [-0.15, -0.1) is 0 Å². The Kier molecular flexibility index (Phi) is 4.49. The summed E-state index contributed by atoms with van der Waals surface area (Å²) in [5.74, 6) is 1.05. The van der Waals surface area contributed by atoms with Crippen LogP contribution in [0.15, 0.2) is 18.2 Å². The minimum Gasteiger partial charge on any atom is -0.369 e. The van der Waals surface area contributed by atoms with Crippen molar-refractivity contribution in [2.45, 2.75) is 26.3 Å². The molecule has 2 N–H and O–H groups in total. The third kappa shape index (κ3) is 3.17. The molecule has 2 rings (SSSR count). The first-order chi connectivity index (χ1) is 9.93. The number of nitriles is 1. The summed E-state index contributed by atoms with van der Waals surface area (Å²) in [6.45, 7) is 5.31. The van der Waals surface area contributed by atoms with E-state index in [0.29, 0.717) is 22.9 Å². The molecule has 0 aliphatic rings. The molecular weight excluding hydrogens is 262 g/mol. The minimum absolute atomic E-state index is 0.249. The first kappa shape index (κ1) is 15.3. The summed E-state index contributed by atoms with van der Waals surface area (Å²) in [5, 5.41) is 9.22. The van der Waals surface area contributed by atoms with Crippen LogP contribution in [0.2, 0.25) is 0 Å². The molecule has 5 heteroatoms. The molecular formula is C16H23N5. The fourth-order valence-corrected chi connectivity index (χ4v) is 2.84. The van der Waals surface area contributed by atoms with Crippen LogP contribution in [0.25, 0.3) is 11.0 Å². The van der Waals surface area contributed by atoms with E-state index in [9.17, 15) is 5.26 Å². The summed E-state index contributed by atoms with van der Waals surface area (Å²) in [6.07, 6.45) is 1.02. The van der Waals surface area contributed by atoms with Crippen LogP contribution in [0.5, 0.6) is 0 Å². The molecule has 112 valence electrons. The van der Waals surface area contributed by atoms with E-state index in [-0.39, 0.29) is 6.04 Å². The maximum atomic E-state index is 9.22. The van der Waals surface area contributed by atoms with E-state index in [1.807, 2.05) is 12.1 Å². The van der Waals surface area contributed by atoms with E-state index >= 15 is 0 Å². The molecule has 1 aromatic carbocycles. The normalized spacial score (nSPS) is 13.0. The van der Waals surface area contributed by atoms with Gasteiger partial charge in [-0.05, 0) is 38.6 Å². The first-order valence-corrected chi connectivity index (χ1v) is 7.25. The van der Waals surface area contributed by atoms with Gasteiger partial charge in [-0.25, -0.2) is 4.98 Å². The standard InChI is InChI=1S/C16H23N5/c1-11(2)8-13(10-20(3)4)21-14-7-5-6-12(9-17)15(14)19-16(21)18/h5-7,11,13H,8,10H2,1-4H3,(H2,18,19). The molecule has 1 aromatic heterocycles. The highest BCUT2D eigenvalue weighted by atomic mass is 15.2. The summed E-state index contributed by atoms with van der Waals surface area (Å²) in [6, 6.07) is 8.10. The van der Waals surface area contributed by atoms with Crippen LogP contribution >= 0.6 is 0 Å². The largest absolute Gasteiger partial charge is 0.369 e. The summed E-state index contributed by atoms with van der Waals surface area (Å²) in [5.41, 5.74) is 8.37. The predicted molar refractivity (Wildman–Crippen MR) is 85.9 cm³/mol. The number of hydrogen-bond acceptors (Lipinski definition) is 4. The van der Waals surface area contributed by atoms with Crippen molar-refractivity contribution in [3.63, 3.8) is 0 Å². The fraction of sp³-hybridized carbons (Fsp3) is 0.500. The number of nitrogens with two attached hydrogens (primary N) is 1. The van der Waals surface area contributed by atoms with E-state index < -0.39 is 0 Å². The molecule has 21 heavy (non-hydrogen) atoms. The van der Waals surface area contributed by atoms with Gasteiger partial charge in [-0.1, -0.05) is 19.9 Å². The highest BCUT2D eigenvalue weighted by molar-refractivity contribution is 5.84. The number of nitrogens with zero attached hydrogens (tertiary/aromatic N) is 4. The Hall–Kier alpha value is -2.06. The molecule has 0 radical (unpaired) electrons. The number of aromatic nitrogens is 2. The van der Waals surface area contributed by atoms with Crippen molar-refractivity contribution in [2.75, 3.05) is 26.4 Å². The Morgan fingerprint density at radius 3 is 2.67 bits per heavy atom. The zero-order valence-electron chi connectivity index (χ0n) is 13.2. The molecule has 0 bridgehead atoms. The highest BCUT2D eigenvalue weighted by Gasteiger charge is 2.20. The molecule has 2 aromatic rings. The number of hydrogen-bond donors (Lipinski definition) is 1. The Bertz CT molecular complexity index is 653. The van der Waals surface area contributed by atoms with Gasteiger partial charge in [0.05, 0.1) is 17.1 Å². The van der Waals surface area contributed by atoms with Crippen LogP contribution in [0, 0.1) is 17.2 Å². The quantitative estimate of drug-likeness (QED) is 0.916. The number of anilines is 1. The Labute approximate surface area is 126 Å². The Balaban J connectivity index is 2.57. The number of likely N-dealkylation sites (N-methyl/N-ethyl adjacent to an activating group) is 1. The average Bonchev–Trinajstić information content (AvgIpc) is 2.72. The summed E-state index contributed by atoms with van der Waals surface area (Å²) < 4.78 is 2.08. The van der Waals surface area contributed by atoms with Crippen LogP contribution < -0.4 is 5.73 Å². The topological polar surface area (TPSA) is 70.9 Å². The van der Waals surface area contributed by atoms with Crippen molar-refractivity contribution >= 4 is 17.0 Å². The number of fused-ring (bicyclic) bond motifs is 1. The van der Waals surface area contributed by atoms with Crippen molar-refractivity contribution in [3.8, 4) is 6.07 Å². The van der Waals surface area contributed by atoms with Gasteiger partial charge in [0.25, 0.3) is 0 Å². The highest BCUT2D eigenvalue weighted by Crippen LogP contribution is 2.28. The minimum atomic E-state index is 0.249. The van der Waals surface area contributed by atoms with Gasteiger partial charge in [0, 0.05) is 6.54 Å². The second kappa shape index (κ2) is 6.15. The number of imidazole rings is 1. The molecule has 0 aliphatic heterocycles. The number of rotatable bonds is 5. The van der Waals surface area contributed by atoms with Gasteiger partial charge in [0.2, 0.25) is 5.95 Å². The van der Waals surface area contributed by atoms with Gasteiger partial charge in [0.15, 0.2) is 0 Å². The average molecular weight is 285 g/mol. The molecule has 0 amide bonds. The molecule has 0 aliphatic carbocycles. The van der Waals surface area contributed by atoms with E-state index in [0.717, 1.165) is 18.5 Å². The number of para-hydroxylation sites is 1. The zero-order chi connectivity index (χ0) is 15.6. The molecule has 0 saturated heterocycles. The SMILES string of the molecule is CC(C)CC(CN(C)C)n1c(N)nc2c(C#N)cccc21. The lowest BCUT2D eigenvalue weighted by molar-refractivity contribution is 0.294. The van der Waals surface area contributed by atoms with Crippen LogP contribution in [0.1, 0.15) is 31.9 Å². The monoisotopic (exact) mass is 285 g/mol. The summed E-state index contributed by atoms with van der Waals surface area (Å²) >= 11 is 0. The maximum Gasteiger partial charge on any atom is 0.201 e. The molecule has 0 spiro atoms. The lowest BCUT2D eigenvalue weighted by Crippen LogP contribution is -2.26. The van der Waals surface area contributed by atoms with Gasteiger partial charge in [-0.2, -0.15) is 5.26 Å². The van der Waals surface area contributed by atoms with Gasteiger partial charge in [0.1, 0.15) is 11.6 Å². The van der Waals surface area contributed by atoms with E-state index in [1.54, 1.807) is 6.07 Å². The molecule has 0 saturated carbocycles. The van der Waals surface area contributed by atoms with E-state index in [4.69, 9.17) is 5.73 Å². The number of benzene rings is 1. The summed E-state index contributed by atoms with van der Waals surface area (Å²) in [7, 11) is 4.12. The molecule has 1 atom stereocenters. The smallest absolute Gasteiger partial charge is 0.201 e. The maximum absolute atomic E-state index is 9.22. The van der Waals surface area contributed by atoms with Crippen molar-refractivity contribution in [2.24, 2.45) is 5.92 Å². The van der Waals surface area contributed by atoms with E-state index in [1.165, 1.54) is 0 Å².